The van der Waals surface area contributed by atoms with E-state index in [9.17, 15) is 0 Å². The number of pyridine rings is 1. The quantitative estimate of drug-likeness (QED) is 0.197. The van der Waals surface area contributed by atoms with Crippen LogP contribution in [-0.2, 0) is 5.41 Å². The van der Waals surface area contributed by atoms with E-state index in [1.165, 1.54) is 55.6 Å². The van der Waals surface area contributed by atoms with Crippen molar-refractivity contribution >= 4 is 0 Å². The van der Waals surface area contributed by atoms with Crippen molar-refractivity contribution in [2.45, 2.75) is 5.41 Å². The van der Waals surface area contributed by atoms with Gasteiger partial charge in [0, 0.05) is 29.1 Å². The van der Waals surface area contributed by atoms with E-state index in [-0.39, 0.29) is 0 Å². The van der Waals surface area contributed by atoms with Gasteiger partial charge >= 0.3 is 0 Å². The molecule has 2 heterocycles. The van der Waals surface area contributed by atoms with Gasteiger partial charge in [-0.25, -0.2) is 9.97 Å². The first-order chi connectivity index (χ1) is 24.3. The molecule has 49 heavy (non-hydrogen) atoms. The predicted molar refractivity (Wildman–Crippen MR) is 198 cm³/mol. The van der Waals surface area contributed by atoms with Gasteiger partial charge in [0.1, 0.15) is 0 Å². The highest BCUT2D eigenvalue weighted by atomic mass is 14.9. The molecule has 0 bridgehead atoms. The van der Waals surface area contributed by atoms with Crippen LogP contribution in [0.1, 0.15) is 22.3 Å². The zero-order valence-electron chi connectivity index (χ0n) is 26.6. The number of rotatable bonds is 3. The van der Waals surface area contributed by atoms with Gasteiger partial charge < -0.3 is 0 Å². The van der Waals surface area contributed by atoms with Crippen LogP contribution in [0.15, 0.2) is 176 Å². The normalized spacial score (nSPS) is 13.1. The summed E-state index contributed by atoms with van der Waals surface area (Å²) in [5, 5.41) is 0. The van der Waals surface area contributed by atoms with Crippen LogP contribution >= 0.6 is 0 Å². The molecular weight excluding hydrogens is 595 g/mol. The minimum Gasteiger partial charge on any atom is -0.265 e. The van der Waals surface area contributed by atoms with Gasteiger partial charge in [-0.2, -0.15) is 0 Å². The van der Waals surface area contributed by atoms with Crippen molar-refractivity contribution in [2.24, 2.45) is 0 Å². The van der Waals surface area contributed by atoms with Crippen molar-refractivity contribution < 1.29 is 0 Å². The Labute approximate surface area is 285 Å². The van der Waals surface area contributed by atoms with E-state index in [1.54, 1.807) is 12.4 Å². The minimum atomic E-state index is -0.500. The van der Waals surface area contributed by atoms with Crippen LogP contribution in [0.25, 0.3) is 67.3 Å². The molecule has 8 aromatic rings. The van der Waals surface area contributed by atoms with Crippen molar-refractivity contribution in [3.05, 3.63) is 198 Å². The molecule has 0 saturated carbocycles. The molecule has 0 aliphatic heterocycles. The Morgan fingerprint density at radius 1 is 0.327 bits per heavy atom. The molecule has 1 spiro atoms. The first-order valence-corrected chi connectivity index (χ1v) is 16.7. The van der Waals surface area contributed by atoms with E-state index in [4.69, 9.17) is 9.97 Å². The molecule has 0 fully saturated rings. The maximum Gasteiger partial charge on any atom is 0.160 e. The molecule has 2 aliphatic carbocycles. The lowest BCUT2D eigenvalue weighted by Gasteiger charge is -2.35. The average Bonchev–Trinajstić information content (AvgIpc) is 3.43. The Balaban J connectivity index is 1.29. The molecule has 3 heteroatoms. The molecule has 0 unspecified atom stereocenters. The van der Waals surface area contributed by atoms with E-state index >= 15 is 0 Å². The van der Waals surface area contributed by atoms with Crippen LogP contribution in [0.5, 0.6) is 0 Å². The van der Waals surface area contributed by atoms with Crippen LogP contribution < -0.4 is 0 Å². The second-order valence-electron chi connectivity index (χ2n) is 12.8. The summed E-state index contributed by atoms with van der Waals surface area (Å²) in [6, 6.07) is 59.2. The monoisotopic (exact) mass is 623 g/mol. The van der Waals surface area contributed by atoms with E-state index < -0.39 is 5.41 Å². The summed E-state index contributed by atoms with van der Waals surface area (Å²) in [5.41, 5.74) is 17.0. The van der Waals surface area contributed by atoms with Crippen LogP contribution in [-0.4, -0.2) is 15.0 Å². The van der Waals surface area contributed by atoms with Crippen molar-refractivity contribution in [3.63, 3.8) is 0 Å². The van der Waals surface area contributed by atoms with Crippen LogP contribution in [0.3, 0.4) is 0 Å². The molecule has 6 aromatic carbocycles. The molecule has 3 nitrogen and oxygen atoms in total. The molecule has 2 aliphatic rings. The lowest BCUT2D eigenvalue weighted by molar-refractivity contribution is 0.775. The summed E-state index contributed by atoms with van der Waals surface area (Å²) < 4.78 is 0. The highest BCUT2D eigenvalue weighted by Gasteiger charge is 2.49. The molecule has 228 valence electrons. The number of nitrogens with zero attached hydrogens (tertiary/aromatic N) is 3. The lowest BCUT2D eigenvalue weighted by atomic mass is 9.66. The summed E-state index contributed by atoms with van der Waals surface area (Å²) in [4.78, 5) is 14.5. The Bertz CT molecular complexity index is 2450. The predicted octanol–water partition coefficient (Wildman–Crippen LogP) is 10.9. The summed E-state index contributed by atoms with van der Waals surface area (Å²) in [6.45, 7) is 0. The van der Waals surface area contributed by atoms with Gasteiger partial charge in [-0.15, -0.1) is 0 Å². The zero-order chi connectivity index (χ0) is 32.4. The van der Waals surface area contributed by atoms with E-state index in [2.05, 4.69) is 151 Å². The highest BCUT2D eigenvalue weighted by molar-refractivity contribution is 5.98. The second kappa shape index (κ2) is 10.8. The number of fused-ring (bicyclic) bond motifs is 12. The lowest BCUT2D eigenvalue weighted by Crippen LogP contribution is -2.29. The number of hydrogen-bond acceptors (Lipinski definition) is 3. The van der Waals surface area contributed by atoms with E-state index in [1.807, 2.05) is 18.2 Å². The molecule has 0 radical (unpaired) electrons. The van der Waals surface area contributed by atoms with Crippen molar-refractivity contribution in [1.82, 2.24) is 15.0 Å². The fourth-order valence-corrected chi connectivity index (χ4v) is 8.19. The number of hydrogen-bond donors (Lipinski definition) is 0. The first-order valence-electron chi connectivity index (χ1n) is 16.7. The molecule has 0 saturated heterocycles. The summed E-state index contributed by atoms with van der Waals surface area (Å²) >= 11 is 0. The summed E-state index contributed by atoms with van der Waals surface area (Å²) in [6.07, 6.45) is 3.59. The molecule has 0 N–H and O–H groups in total. The smallest absolute Gasteiger partial charge is 0.160 e. The first kappa shape index (κ1) is 27.6. The SMILES string of the molecule is c1ccc(-c2cc(-c3ccc4c(c3)-c3ccccc3-c3ccccc3C43c4ccccc4-c4ccccc43)nc(-c3ccncc3)n2)cc1. The van der Waals surface area contributed by atoms with Gasteiger partial charge in [-0.05, 0) is 79.9 Å². The van der Waals surface area contributed by atoms with Gasteiger partial charge in [-0.1, -0.05) is 140 Å². The number of benzene rings is 6. The Hall–Kier alpha value is -6.45. The van der Waals surface area contributed by atoms with E-state index in [0.29, 0.717) is 5.82 Å². The van der Waals surface area contributed by atoms with E-state index in [0.717, 1.165) is 28.1 Å². The molecular formula is C46H29N3. The van der Waals surface area contributed by atoms with Gasteiger partial charge in [0.05, 0.1) is 16.8 Å². The molecule has 2 aromatic heterocycles. The highest BCUT2D eigenvalue weighted by Crippen LogP contribution is 2.61. The van der Waals surface area contributed by atoms with Crippen LogP contribution in [0, 0.1) is 0 Å². The third-order valence-corrected chi connectivity index (χ3v) is 10.2. The standard InChI is InChI=1S/C46H29N3/c1-2-12-30(13-3-1)43-29-44(49-45(48-43)31-24-26-47-27-25-31)32-22-23-42-38(28-32)34-15-5-4-14-33(34)35-16-6-9-19-39(35)46(42)40-20-10-7-17-36(40)37-18-8-11-21-41(37)46/h1-29H. The van der Waals surface area contributed by atoms with Crippen molar-refractivity contribution in [3.8, 4) is 67.3 Å². The molecule has 10 rings (SSSR count). The Kier molecular flexibility index (Phi) is 6.09. The van der Waals surface area contributed by atoms with Crippen LogP contribution in [0.2, 0.25) is 0 Å². The zero-order valence-corrected chi connectivity index (χ0v) is 26.6. The van der Waals surface area contributed by atoms with Crippen molar-refractivity contribution in [2.75, 3.05) is 0 Å². The maximum atomic E-state index is 5.19. The topological polar surface area (TPSA) is 38.7 Å². The fraction of sp³-hybridized carbons (Fsp3) is 0.0217. The van der Waals surface area contributed by atoms with Gasteiger partial charge in [0.15, 0.2) is 5.82 Å². The molecule has 0 amide bonds. The molecule has 0 atom stereocenters. The maximum absolute atomic E-state index is 5.19. The minimum absolute atomic E-state index is 0.500. The summed E-state index contributed by atoms with van der Waals surface area (Å²) in [7, 11) is 0. The van der Waals surface area contributed by atoms with Crippen LogP contribution in [0.4, 0.5) is 0 Å². The third kappa shape index (κ3) is 4.06. The summed E-state index contributed by atoms with van der Waals surface area (Å²) in [5.74, 6) is 0.677. The van der Waals surface area contributed by atoms with Gasteiger partial charge in [-0.3, -0.25) is 4.98 Å². The third-order valence-electron chi connectivity index (χ3n) is 10.2. The second-order valence-corrected chi connectivity index (χ2v) is 12.8. The average molecular weight is 624 g/mol. The van der Waals surface area contributed by atoms with Gasteiger partial charge in [0.25, 0.3) is 0 Å². The Morgan fingerprint density at radius 3 is 1.41 bits per heavy atom. The Morgan fingerprint density at radius 2 is 0.796 bits per heavy atom. The fourth-order valence-electron chi connectivity index (χ4n) is 8.19. The number of aromatic nitrogens is 3. The van der Waals surface area contributed by atoms with Gasteiger partial charge in [0.2, 0.25) is 0 Å². The largest absolute Gasteiger partial charge is 0.265 e. The van der Waals surface area contributed by atoms with Crippen molar-refractivity contribution in [1.29, 1.82) is 0 Å².